The molecule has 0 N–H and O–H groups in total. The first kappa shape index (κ1) is 10.2. The van der Waals surface area contributed by atoms with Gasteiger partial charge in [-0.2, -0.15) is 0 Å². The maximum atomic E-state index is 10.6. The largest absolute Gasteiger partial charge is 0.467 e. The summed E-state index contributed by atoms with van der Waals surface area (Å²) in [7, 11) is 0. The lowest BCUT2D eigenvalue weighted by Gasteiger charge is -2.19. The summed E-state index contributed by atoms with van der Waals surface area (Å²) in [5.41, 5.74) is 1.31. The van der Waals surface area contributed by atoms with Crippen molar-refractivity contribution in [3.05, 3.63) is 33.4 Å². The van der Waals surface area contributed by atoms with Crippen molar-refractivity contribution < 1.29 is 14.4 Å². The smallest absolute Gasteiger partial charge is 0.270 e. The molecule has 0 unspecified atom stereocenters. The molecule has 0 spiro atoms. The van der Waals surface area contributed by atoms with Crippen LogP contribution in [0.15, 0.2) is 12.1 Å². The van der Waals surface area contributed by atoms with Crippen LogP contribution in [-0.2, 0) is 17.2 Å². The third kappa shape index (κ3) is 1.88. The minimum absolute atomic E-state index is 0.0125. The first-order chi connectivity index (χ1) is 7.22. The van der Waals surface area contributed by atoms with Crippen LogP contribution in [0.3, 0.4) is 0 Å². The molecule has 0 saturated carbocycles. The van der Waals surface area contributed by atoms with Crippen molar-refractivity contribution in [2.45, 2.75) is 12.5 Å². The number of hydrogen-bond acceptors (Lipinski definition) is 4. The number of nitrogens with zero attached hydrogens (tertiary/aromatic N) is 1. The number of halogens is 1. The third-order valence-corrected chi connectivity index (χ3v) is 2.41. The fourth-order valence-corrected chi connectivity index (χ4v) is 1.68. The molecule has 0 radical (unpaired) electrons. The van der Waals surface area contributed by atoms with E-state index in [-0.39, 0.29) is 18.4 Å². The molecule has 0 amide bonds. The van der Waals surface area contributed by atoms with E-state index in [1.165, 1.54) is 12.1 Å². The Labute approximate surface area is 90.7 Å². The van der Waals surface area contributed by atoms with Crippen LogP contribution in [0.5, 0.6) is 5.75 Å². The fourth-order valence-electron chi connectivity index (χ4n) is 1.49. The second-order valence-electron chi connectivity index (χ2n) is 3.09. The maximum absolute atomic E-state index is 10.6. The topological polar surface area (TPSA) is 61.6 Å². The van der Waals surface area contributed by atoms with Gasteiger partial charge in [-0.25, -0.2) is 0 Å². The summed E-state index contributed by atoms with van der Waals surface area (Å²) >= 11 is 5.70. The molecule has 0 fully saturated rings. The predicted octanol–water partition coefficient (Wildman–Crippen LogP) is 2.20. The van der Waals surface area contributed by atoms with Crippen molar-refractivity contribution in [2.75, 3.05) is 6.79 Å². The lowest BCUT2D eigenvalue weighted by atomic mass is 10.1. The number of rotatable bonds is 2. The quantitative estimate of drug-likeness (QED) is 0.443. The number of hydrogen-bond donors (Lipinski definition) is 0. The molecule has 1 aromatic carbocycles. The van der Waals surface area contributed by atoms with Gasteiger partial charge in [0.1, 0.15) is 5.75 Å². The lowest BCUT2D eigenvalue weighted by Crippen LogP contribution is -2.13. The molecule has 80 valence electrons. The molecule has 6 heteroatoms. The number of alkyl halides is 1. The van der Waals surface area contributed by atoms with E-state index in [4.69, 9.17) is 21.1 Å². The standard InChI is InChI=1S/C9H8ClNO4/c10-3-6-1-8(11(12)13)2-7-4-14-5-15-9(6)7/h1-2H,3-5H2. The van der Waals surface area contributed by atoms with E-state index in [0.29, 0.717) is 23.5 Å². The molecular weight excluding hydrogens is 222 g/mol. The molecular formula is C9H8ClNO4. The molecule has 2 rings (SSSR count). The van der Waals surface area contributed by atoms with Crippen LogP contribution in [0.2, 0.25) is 0 Å². The monoisotopic (exact) mass is 229 g/mol. The van der Waals surface area contributed by atoms with Gasteiger partial charge in [0.2, 0.25) is 0 Å². The van der Waals surface area contributed by atoms with E-state index >= 15 is 0 Å². The van der Waals surface area contributed by atoms with Gasteiger partial charge in [0, 0.05) is 23.3 Å². The zero-order valence-corrected chi connectivity index (χ0v) is 8.49. The average molecular weight is 230 g/mol. The Morgan fingerprint density at radius 1 is 1.53 bits per heavy atom. The van der Waals surface area contributed by atoms with Crippen LogP contribution in [0.25, 0.3) is 0 Å². The number of ether oxygens (including phenoxy) is 2. The minimum atomic E-state index is -0.453. The van der Waals surface area contributed by atoms with Gasteiger partial charge >= 0.3 is 0 Å². The van der Waals surface area contributed by atoms with Crippen LogP contribution in [0.1, 0.15) is 11.1 Å². The van der Waals surface area contributed by atoms with Crippen molar-refractivity contribution >= 4 is 17.3 Å². The van der Waals surface area contributed by atoms with Crippen LogP contribution >= 0.6 is 11.6 Å². The SMILES string of the molecule is O=[N+]([O-])c1cc(CCl)c2c(c1)COCO2. The highest BCUT2D eigenvalue weighted by molar-refractivity contribution is 6.17. The van der Waals surface area contributed by atoms with Gasteiger partial charge in [-0.15, -0.1) is 11.6 Å². The molecule has 1 aliphatic rings. The second-order valence-corrected chi connectivity index (χ2v) is 3.36. The van der Waals surface area contributed by atoms with Gasteiger partial charge in [0.05, 0.1) is 17.4 Å². The Morgan fingerprint density at radius 3 is 3.00 bits per heavy atom. The molecule has 1 aliphatic heterocycles. The molecule has 0 bridgehead atoms. The summed E-state index contributed by atoms with van der Waals surface area (Å²) in [4.78, 5) is 10.2. The van der Waals surface area contributed by atoms with E-state index in [1.54, 1.807) is 0 Å². The molecule has 1 aromatic rings. The van der Waals surface area contributed by atoms with Gasteiger partial charge in [0.15, 0.2) is 6.79 Å². The zero-order valence-electron chi connectivity index (χ0n) is 7.73. The number of benzene rings is 1. The molecule has 1 heterocycles. The first-order valence-corrected chi connectivity index (χ1v) is 4.82. The summed E-state index contributed by atoms with van der Waals surface area (Å²) in [6.07, 6.45) is 0. The summed E-state index contributed by atoms with van der Waals surface area (Å²) in [6.45, 7) is 0.482. The molecule has 0 aromatic heterocycles. The highest BCUT2D eigenvalue weighted by Gasteiger charge is 2.20. The summed E-state index contributed by atoms with van der Waals surface area (Å²) in [6, 6.07) is 2.88. The molecule has 0 atom stereocenters. The fraction of sp³-hybridized carbons (Fsp3) is 0.333. The van der Waals surface area contributed by atoms with Gasteiger partial charge in [0.25, 0.3) is 5.69 Å². The Balaban J connectivity index is 2.52. The van der Waals surface area contributed by atoms with Gasteiger partial charge in [-0.05, 0) is 0 Å². The summed E-state index contributed by atoms with van der Waals surface area (Å²) in [5, 5.41) is 10.6. The van der Waals surface area contributed by atoms with Crippen LogP contribution < -0.4 is 4.74 Å². The summed E-state index contributed by atoms with van der Waals surface area (Å²) in [5.74, 6) is 0.797. The van der Waals surface area contributed by atoms with Gasteiger partial charge in [-0.3, -0.25) is 10.1 Å². The number of non-ortho nitro benzene ring substituents is 1. The van der Waals surface area contributed by atoms with Crippen LogP contribution in [0.4, 0.5) is 5.69 Å². The van der Waals surface area contributed by atoms with Crippen LogP contribution in [-0.4, -0.2) is 11.7 Å². The lowest BCUT2D eigenvalue weighted by molar-refractivity contribution is -0.385. The number of nitro benzene ring substituents is 1. The average Bonchev–Trinajstić information content (AvgIpc) is 2.27. The van der Waals surface area contributed by atoms with E-state index in [0.717, 1.165) is 0 Å². The highest BCUT2D eigenvalue weighted by Crippen LogP contribution is 2.33. The van der Waals surface area contributed by atoms with E-state index in [9.17, 15) is 10.1 Å². The van der Waals surface area contributed by atoms with E-state index in [1.807, 2.05) is 0 Å². The van der Waals surface area contributed by atoms with E-state index in [2.05, 4.69) is 0 Å². The van der Waals surface area contributed by atoms with Gasteiger partial charge < -0.3 is 9.47 Å². The van der Waals surface area contributed by atoms with E-state index < -0.39 is 4.92 Å². The molecule has 0 aliphatic carbocycles. The van der Waals surface area contributed by atoms with Crippen molar-refractivity contribution in [3.63, 3.8) is 0 Å². The Kier molecular flexibility index (Phi) is 2.75. The van der Waals surface area contributed by atoms with Crippen molar-refractivity contribution in [1.29, 1.82) is 0 Å². The number of nitro groups is 1. The molecule has 5 nitrogen and oxygen atoms in total. The maximum Gasteiger partial charge on any atom is 0.270 e. The molecule has 15 heavy (non-hydrogen) atoms. The molecule has 0 saturated heterocycles. The second kappa shape index (κ2) is 4.04. The zero-order chi connectivity index (χ0) is 10.8. The van der Waals surface area contributed by atoms with Crippen molar-refractivity contribution in [2.24, 2.45) is 0 Å². The first-order valence-electron chi connectivity index (χ1n) is 4.29. The number of fused-ring (bicyclic) bond motifs is 1. The Bertz CT molecular complexity index is 390. The summed E-state index contributed by atoms with van der Waals surface area (Å²) < 4.78 is 10.3. The van der Waals surface area contributed by atoms with Gasteiger partial charge in [-0.1, -0.05) is 0 Å². The van der Waals surface area contributed by atoms with Crippen molar-refractivity contribution in [1.82, 2.24) is 0 Å². The van der Waals surface area contributed by atoms with Crippen molar-refractivity contribution in [3.8, 4) is 5.75 Å². The Hall–Kier alpha value is -1.33. The predicted molar refractivity (Wildman–Crippen MR) is 52.9 cm³/mol. The Morgan fingerprint density at radius 2 is 2.33 bits per heavy atom. The highest BCUT2D eigenvalue weighted by atomic mass is 35.5. The third-order valence-electron chi connectivity index (χ3n) is 2.13. The minimum Gasteiger partial charge on any atom is -0.467 e. The van der Waals surface area contributed by atoms with Crippen LogP contribution in [0, 0.1) is 10.1 Å². The normalized spacial score (nSPS) is 14.2.